The molecule has 1 aromatic carbocycles. The number of rotatable bonds is 5. The molecular weight excluding hydrogens is 315 g/mol. The summed E-state index contributed by atoms with van der Waals surface area (Å²) in [5.41, 5.74) is 8.26. The monoisotopic (exact) mass is 348 g/mol. The lowest BCUT2D eigenvalue weighted by molar-refractivity contribution is 0.00753. The lowest BCUT2D eigenvalue weighted by atomic mass is 9.86. The van der Waals surface area contributed by atoms with Crippen LogP contribution in [0.1, 0.15) is 56.6 Å². The van der Waals surface area contributed by atoms with Gasteiger partial charge in [-0.3, -0.25) is 0 Å². The van der Waals surface area contributed by atoms with Gasteiger partial charge in [0.2, 0.25) is 0 Å². The first-order valence-electron chi connectivity index (χ1n) is 9.97. The van der Waals surface area contributed by atoms with Gasteiger partial charge in [0.15, 0.2) is 0 Å². The van der Waals surface area contributed by atoms with Crippen molar-refractivity contribution in [3.05, 3.63) is 29.1 Å². The molecule has 0 bridgehead atoms. The van der Waals surface area contributed by atoms with E-state index in [0.717, 1.165) is 30.2 Å². The summed E-state index contributed by atoms with van der Waals surface area (Å²) in [6.07, 6.45) is 8.74. The number of nitrogens with zero attached hydrogens (tertiary/aromatic N) is 1. The number of hydrogen-bond acceptors (Lipinski definition) is 3. The van der Waals surface area contributed by atoms with E-state index in [-0.39, 0.29) is 5.82 Å². The number of halogens is 1. The van der Waals surface area contributed by atoms with Crippen molar-refractivity contribution in [2.45, 2.75) is 70.9 Å². The first-order valence-corrected chi connectivity index (χ1v) is 9.97. The molecule has 140 valence electrons. The Morgan fingerprint density at radius 3 is 2.44 bits per heavy atom. The number of likely N-dealkylation sites (tertiary alicyclic amines) is 1. The molecule has 2 fully saturated rings. The van der Waals surface area contributed by atoms with Crippen LogP contribution in [0.4, 0.5) is 10.1 Å². The van der Waals surface area contributed by atoms with E-state index in [1.807, 2.05) is 6.92 Å². The summed E-state index contributed by atoms with van der Waals surface area (Å²) in [5, 5.41) is 0. The van der Waals surface area contributed by atoms with Crippen molar-refractivity contribution in [3.8, 4) is 0 Å². The van der Waals surface area contributed by atoms with Gasteiger partial charge in [-0.1, -0.05) is 6.07 Å². The lowest BCUT2D eigenvalue weighted by Gasteiger charge is -2.40. The van der Waals surface area contributed by atoms with Crippen LogP contribution in [0, 0.1) is 18.7 Å². The average molecular weight is 349 g/mol. The van der Waals surface area contributed by atoms with Gasteiger partial charge >= 0.3 is 0 Å². The predicted molar refractivity (Wildman–Crippen MR) is 101 cm³/mol. The van der Waals surface area contributed by atoms with E-state index >= 15 is 0 Å². The van der Waals surface area contributed by atoms with Gasteiger partial charge in [-0.15, -0.1) is 0 Å². The number of ether oxygens (including phenoxy) is 1. The van der Waals surface area contributed by atoms with E-state index in [9.17, 15) is 4.39 Å². The quantitative estimate of drug-likeness (QED) is 0.806. The summed E-state index contributed by atoms with van der Waals surface area (Å²) in [5.74, 6) is 0.359. The molecule has 2 N–H and O–H groups in total. The van der Waals surface area contributed by atoms with Crippen LogP contribution in [0.25, 0.3) is 0 Å². The fourth-order valence-electron chi connectivity index (χ4n) is 4.64. The molecule has 4 heteroatoms. The summed E-state index contributed by atoms with van der Waals surface area (Å²) in [4.78, 5) is 2.68. The van der Waals surface area contributed by atoms with Crippen LogP contribution in [0.3, 0.4) is 0 Å². The summed E-state index contributed by atoms with van der Waals surface area (Å²) in [7, 11) is 0. The van der Waals surface area contributed by atoms with Crippen LogP contribution >= 0.6 is 0 Å². The van der Waals surface area contributed by atoms with E-state index in [4.69, 9.17) is 10.5 Å². The van der Waals surface area contributed by atoms with Gasteiger partial charge in [-0.2, -0.15) is 0 Å². The van der Waals surface area contributed by atoms with Crippen molar-refractivity contribution in [1.82, 2.24) is 4.90 Å². The maximum Gasteiger partial charge on any atom is 0.146 e. The smallest absolute Gasteiger partial charge is 0.146 e. The Kier molecular flexibility index (Phi) is 6.34. The summed E-state index contributed by atoms with van der Waals surface area (Å²) in [6, 6.07) is 4.32. The molecule has 0 unspecified atom stereocenters. The van der Waals surface area contributed by atoms with Crippen molar-refractivity contribution in [2.24, 2.45) is 5.92 Å². The van der Waals surface area contributed by atoms with E-state index in [2.05, 4.69) is 17.9 Å². The maximum absolute atomic E-state index is 13.8. The molecule has 3 nitrogen and oxygen atoms in total. The molecule has 1 aromatic rings. The summed E-state index contributed by atoms with van der Waals surface area (Å²) >= 11 is 0. The van der Waals surface area contributed by atoms with Crippen LogP contribution in [0.5, 0.6) is 0 Å². The molecule has 2 aliphatic rings. The number of benzene rings is 1. The fourth-order valence-corrected chi connectivity index (χ4v) is 4.64. The first kappa shape index (κ1) is 18.7. The van der Waals surface area contributed by atoms with E-state index < -0.39 is 0 Å². The zero-order valence-electron chi connectivity index (χ0n) is 15.8. The number of nitrogens with two attached hydrogens (primary N) is 1. The van der Waals surface area contributed by atoms with E-state index in [0.29, 0.717) is 17.7 Å². The Bertz CT molecular complexity index is 561. The SMILES string of the molecule is CCOC1CCC(N2CCC(Cc3cc(C)cc(F)c3N)CC2)CC1. The van der Waals surface area contributed by atoms with Crippen LogP contribution in [0.15, 0.2) is 12.1 Å². The molecule has 0 aromatic heterocycles. The number of nitrogen functional groups attached to an aromatic ring is 1. The van der Waals surface area contributed by atoms with Gasteiger partial charge < -0.3 is 15.4 Å². The molecule has 0 amide bonds. The van der Waals surface area contributed by atoms with Crippen molar-refractivity contribution < 1.29 is 9.13 Å². The predicted octanol–water partition coefficient (Wildman–Crippen LogP) is 4.32. The number of piperidine rings is 1. The van der Waals surface area contributed by atoms with Crippen molar-refractivity contribution in [2.75, 3.05) is 25.4 Å². The van der Waals surface area contributed by atoms with Crippen LogP contribution in [0.2, 0.25) is 0 Å². The Labute approximate surface area is 151 Å². The van der Waals surface area contributed by atoms with Crippen molar-refractivity contribution >= 4 is 5.69 Å². The van der Waals surface area contributed by atoms with Gasteiger partial charge in [0, 0.05) is 12.6 Å². The van der Waals surface area contributed by atoms with Crippen molar-refractivity contribution in [3.63, 3.8) is 0 Å². The average Bonchev–Trinajstić information content (AvgIpc) is 2.61. The molecular formula is C21H33FN2O. The summed E-state index contributed by atoms with van der Waals surface area (Å²) in [6.45, 7) is 7.20. The number of hydrogen-bond donors (Lipinski definition) is 1. The third-order valence-corrected chi connectivity index (χ3v) is 6.08. The highest BCUT2D eigenvalue weighted by atomic mass is 19.1. The molecule has 25 heavy (non-hydrogen) atoms. The molecule has 0 spiro atoms. The van der Waals surface area contributed by atoms with E-state index in [1.165, 1.54) is 57.7 Å². The van der Waals surface area contributed by atoms with Crippen LogP contribution in [-0.4, -0.2) is 36.7 Å². The van der Waals surface area contributed by atoms with Crippen LogP contribution in [-0.2, 0) is 11.2 Å². The molecule has 1 aliphatic heterocycles. The third-order valence-electron chi connectivity index (χ3n) is 6.08. The molecule has 1 heterocycles. The Hall–Kier alpha value is -1.13. The molecule has 3 rings (SSSR count). The molecule has 0 radical (unpaired) electrons. The largest absolute Gasteiger partial charge is 0.396 e. The highest BCUT2D eigenvalue weighted by Gasteiger charge is 2.29. The minimum absolute atomic E-state index is 0.265. The van der Waals surface area contributed by atoms with Gasteiger partial charge in [0.25, 0.3) is 0 Å². The van der Waals surface area contributed by atoms with Gasteiger partial charge in [0.05, 0.1) is 11.8 Å². The minimum atomic E-state index is -0.265. The van der Waals surface area contributed by atoms with Gasteiger partial charge in [-0.25, -0.2) is 4.39 Å². The fraction of sp³-hybridized carbons (Fsp3) is 0.714. The molecule has 1 saturated carbocycles. The molecule has 0 atom stereocenters. The zero-order chi connectivity index (χ0) is 17.8. The minimum Gasteiger partial charge on any atom is -0.396 e. The Balaban J connectivity index is 1.48. The maximum atomic E-state index is 13.8. The van der Waals surface area contributed by atoms with Crippen molar-refractivity contribution in [1.29, 1.82) is 0 Å². The first-order chi connectivity index (χ1) is 12.1. The normalized spacial score (nSPS) is 26.0. The van der Waals surface area contributed by atoms with Gasteiger partial charge in [-0.05, 0) is 95.0 Å². The van der Waals surface area contributed by atoms with Crippen LogP contribution < -0.4 is 5.73 Å². The van der Waals surface area contributed by atoms with E-state index in [1.54, 1.807) is 0 Å². The molecule has 1 saturated heterocycles. The topological polar surface area (TPSA) is 38.5 Å². The highest BCUT2D eigenvalue weighted by Crippen LogP contribution is 2.31. The van der Waals surface area contributed by atoms with Gasteiger partial charge in [0.1, 0.15) is 5.82 Å². The standard InChI is InChI=1S/C21H33FN2O/c1-3-25-19-6-4-18(5-7-19)24-10-8-16(9-11-24)14-17-12-15(2)13-20(22)21(17)23/h12-13,16,18-19H,3-11,14,23H2,1-2H3. The third kappa shape index (κ3) is 4.73. The second kappa shape index (κ2) is 8.50. The lowest BCUT2D eigenvalue weighted by Crippen LogP contribution is -2.44. The second-order valence-corrected chi connectivity index (χ2v) is 7.89. The molecule has 1 aliphatic carbocycles. The number of aryl methyl sites for hydroxylation is 1. The zero-order valence-corrected chi connectivity index (χ0v) is 15.8. The highest BCUT2D eigenvalue weighted by molar-refractivity contribution is 5.50. The summed E-state index contributed by atoms with van der Waals surface area (Å²) < 4.78 is 19.6. The Morgan fingerprint density at radius 1 is 1.12 bits per heavy atom. The number of anilines is 1. The second-order valence-electron chi connectivity index (χ2n) is 7.89. The Morgan fingerprint density at radius 2 is 1.80 bits per heavy atom.